The van der Waals surface area contributed by atoms with Crippen LogP contribution in [0.1, 0.15) is 27.2 Å². The molecule has 5 nitrogen and oxygen atoms in total. The summed E-state index contributed by atoms with van der Waals surface area (Å²) in [5.74, 6) is 0.820. The Labute approximate surface area is 126 Å². The zero-order chi connectivity index (χ0) is 15.6. The quantitative estimate of drug-likeness (QED) is 0.427. The number of nitrogens with zero attached hydrogens (tertiary/aromatic N) is 1. The maximum Gasteiger partial charge on any atom is 0.315 e. The highest BCUT2D eigenvalue weighted by Gasteiger charge is 2.46. The molecule has 0 aromatic carbocycles. The van der Waals surface area contributed by atoms with Crippen molar-refractivity contribution >= 4 is 32.0 Å². The van der Waals surface area contributed by atoms with Gasteiger partial charge in [0.05, 0.1) is 25.3 Å². The molecule has 1 fully saturated rings. The third-order valence-electron chi connectivity index (χ3n) is 3.88. The number of hydroxylamine groups is 2. The smallest absolute Gasteiger partial charge is 0.315 e. The van der Waals surface area contributed by atoms with E-state index in [0.29, 0.717) is 17.9 Å². The van der Waals surface area contributed by atoms with Gasteiger partial charge in [-0.25, -0.2) is 5.06 Å². The maximum absolute atomic E-state index is 11.7. The fraction of sp³-hybridized carbons (Fsp3) is 0.846. The molecule has 0 saturated carbocycles. The molecule has 0 bridgehead atoms. The summed E-state index contributed by atoms with van der Waals surface area (Å²) in [4.78, 5) is 22.8. The van der Waals surface area contributed by atoms with Crippen LogP contribution in [0.3, 0.4) is 0 Å². The number of hydrogen-bond donors (Lipinski definition) is 0. The molecule has 1 atom stereocenters. The highest BCUT2D eigenvalue weighted by molar-refractivity contribution is 7.99. The number of carbonyl (C=O) groups excluding carboxylic acids is 2. The Morgan fingerprint density at radius 3 is 2.50 bits per heavy atom. The Bertz CT molecular complexity index is 381. The molecule has 1 heterocycles. The predicted molar refractivity (Wildman–Crippen MR) is 82.9 cm³/mol. The molecule has 0 aromatic rings. The second-order valence-electron chi connectivity index (χ2n) is 6.52. The number of ether oxygens (including phenoxy) is 1. The molecule has 116 valence electrons. The lowest BCUT2D eigenvalue weighted by molar-refractivity contribution is -0.191. The number of esters is 1. The van der Waals surface area contributed by atoms with Gasteiger partial charge in [0.15, 0.2) is 0 Å². The summed E-state index contributed by atoms with van der Waals surface area (Å²) in [5.41, 5.74) is 0. The van der Waals surface area contributed by atoms with Crippen LogP contribution in [-0.4, -0.2) is 49.9 Å². The molecule has 0 aliphatic carbocycles. The van der Waals surface area contributed by atoms with Crippen LogP contribution in [0.4, 0.5) is 0 Å². The first-order valence-corrected chi connectivity index (χ1v) is 10.8. The van der Waals surface area contributed by atoms with Crippen molar-refractivity contribution in [2.75, 3.05) is 18.6 Å². The van der Waals surface area contributed by atoms with E-state index in [0.717, 1.165) is 0 Å². The molecule has 1 amide bonds. The lowest BCUT2D eigenvalue weighted by Crippen LogP contribution is -2.59. The van der Waals surface area contributed by atoms with Gasteiger partial charge < -0.3 is 9.26 Å². The molecule has 1 unspecified atom stereocenters. The number of methoxy groups -OCH3 is 1. The average Bonchev–Trinajstić information content (AvgIpc) is 2.33. The van der Waals surface area contributed by atoms with Crippen molar-refractivity contribution in [2.45, 2.75) is 51.4 Å². The van der Waals surface area contributed by atoms with Crippen LogP contribution in [0, 0.1) is 0 Å². The predicted octanol–water partition coefficient (Wildman–Crippen LogP) is 2.43. The normalized spacial score (nSPS) is 19.8. The van der Waals surface area contributed by atoms with Crippen molar-refractivity contribution in [3.63, 3.8) is 0 Å². The number of amides is 1. The molecule has 0 spiro atoms. The number of thioether (sulfide) groups is 1. The molecule has 20 heavy (non-hydrogen) atoms. The van der Waals surface area contributed by atoms with E-state index >= 15 is 0 Å². The van der Waals surface area contributed by atoms with Crippen LogP contribution in [0.25, 0.3) is 0 Å². The molecule has 0 radical (unpaired) electrons. The summed E-state index contributed by atoms with van der Waals surface area (Å²) in [6.07, 6.45) is 0.503. The molecule has 1 aliphatic heterocycles. The van der Waals surface area contributed by atoms with E-state index in [4.69, 9.17) is 4.53 Å². The summed E-state index contributed by atoms with van der Waals surface area (Å²) in [7, 11) is -0.607. The molecule has 1 aliphatic rings. The number of rotatable bonds is 6. The molecular formula is C13H25NO4SSi. The highest BCUT2D eigenvalue weighted by atomic mass is 32.2. The summed E-state index contributed by atoms with van der Waals surface area (Å²) in [6, 6.07) is 0.0753. The molecule has 7 heteroatoms. The maximum atomic E-state index is 11.7. The Morgan fingerprint density at radius 2 is 2.05 bits per heavy atom. The Morgan fingerprint density at radius 1 is 1.45 bits per heavy atom. The molecule has 0 aromatic heterocycles. The van der Waals surface area contributed by atoms with Gasteiger partial charge in [-0.2, -0.15) is 0 Å². The van der Waals surface area contributed by atoms with Gasteiger partial charge in [-0.1, -0.05) is 20.8 Å². The van der Waals surface area contributed by atoms with Crippen molar-refractivity contribution in [3.05, 3.63) is 0 Å². The lowest BCUT2D eigenvalue weighted by Gasteiger charge is -2.46. The van der Waals surface area contributed by atoms with Crippen molar-refractivity contribution < 1.29 is 18.9 Å². The first kappa shape index (κ1) is 17.5. The summed E-state index contributed by atoms with van der Waals surface area (Å²) < 4.78 is 10.6. The van der Waals surface area contributed by atoms with Crippen molar-refractivity contribution in [1.29, 1.82) is 0 Å². The Balaban J connectivity index is 2.48. The minimum Gasteiger partial charge on any atom is -0.468 e. The van der Waals surface area contributed by atoms with Crippen molar-refractivity contribution in [2.24, 2.45) is 0 Å². The third-order valence-corrected chi connectivity index (χ3v) is 9.20. The van der Waals surface area contributed by atoms with Crippen molar-refractivity contribution in [3.8, 4) is 0 Å². The van der Waals surface area contributed by atoms with Crippen LogP contribution in [0.5, 0.6) is 0 Å². The van der Waals surface area contributed by atoms with E-state index in [1.165, 1.54) is 23.9 Å². The number of β-lactam (4-membered cyclic amide) rings is 1. The summed E-state index contributed by atoms with van der Waals surface area (Å²) >= 11 is 1.48. The topological polar surface area (TPSA) is 55.8 Å². The molecule has 0 N–H and O–H groups in total. The molecule has 1 saturated heterocycles. The zero-order valence-corrected chi connectivity index (χ0v) is 15.0. The number of hydrogen-bond acceptors (Lipinski definition) is 5. The second kappa shape index (κ2) is 6.49. The van der Waals surface area contributed by atoms with E-state index < -0.39 is 8.32 Å². The van der Waals surface area contributed by atoms with E-state index in [1.807, 2.05) is 0 Å². The van der Waals surface area contributed by atoms with E-state index in [2.05, 4.69) is 38.6 Å². The third kappa shape index (κ3) is 4.23. The van der Waals surface area contributed by atoms with Gasteiger partial charge in [-0.3, -0.25) is 9.59 Å². The van der Waals surface area contributed by atoms with Crippen LogP contribution < -0.4 is 0 Å². The Kier molecular flexibility index (Phi) is 5.68. The average molecular weight is 319 g/mol. The Hall–Kier alpha value is -0.533. The summed E-state index contributed by atoms with van der Waals surface area (Å²) in [5, 5.41) is 1.59. The first-order chi connectivity index (χ1) is 9.08. The van der Waals surface area contributed by atoms with E-state index in [-0.39, 0.29) is 23.0 Å². The minimum atomic E-state index is -1.99. The van der Waals surface area contributed by atoms with Gasteiger partial charge >= 0.3 is 5.97 Å². The zero-order valence-electron chi connectivity index (χ0n) is 13.2. The van der Waals surface area contributed by atoms with Crippen LogP contribution in [-0.2, 0) is 18.9 Å². The van der Waals surface area contributed by atoms with Crippen LogP contribution in [0.15, 0.2) is 0 Å². The van der Waals surface area contributed by atoms with Gasteiger partial charge in [-0.15, -0.1) is 11.8 Å². The van der Waals surface area contributed by atoms with Gasteiger partial charge in [0, 0.05) is 5.75 Å². The van der Waals surface area contributed by atoms with Gasteiger partial charge in [0.1, 0.15) is 0 Å². The second-order valence-corrected chi connectivity index (χ2v) is 12.3. The monoisotopic (exact) mass is 319 g/mol. The van der Waals surface area contributed by atoms with Gasteiger partial charge in [-0.05, 0) is 18.1 Å². The van der Waals surface area contributed by atoms with Crippen LogP contribution >= 0.6 is 11.8 Å². The minimum absolute atomic E-state index is 0.0403. The van der Waals surface area contributed by atoms with E-state index in [1.54, 1.807) is 0 Å². The fourth-order valence-electron chi connectivity index (χ4n) is 1.44. The fourth-order valence-corrected chi connectivity index (χ4v) is 3.38. The van der Waals surface area contributed by atoms with Crippen LogP contribution in [0.2, 0.25) is 18.1 Å². The standard InChI is InChI=1S/C13H25NO4SSi/c1-13(2,3)20(5,6)18-14-10(7-11(14)15)8-19-9-12(16)17-4/h10H,7-9H2,1-6H3. The largest absolute Gasteiger partial charge is 0.468 e. The highest BCUT2D eigenvalue weighted by Crippen LogP contribution is 2.39. The van der Waals surface area contributed by atoms with Gasteiger partial charge in [0.25, 0.3) is 0 Å². The molecule has 1 rings (SSSR count). The van der Waals surface area contributed by atoms with Crippen molar-refractivity contribution in [1.82, 2.24) is 5.06 Å². The van der Waals surface area contributed by atoms with E-state index in [9.17, 15) is 9.59 Å². The van der Waals surface area contributed by atoms with Gasteiger partial charge in [0.2, 0.25) is 14.2 Å². The summed E-state index contributed by atoms with van der Waals surface area (Å²) in [6.45, 7) is 10.7. The SMILES string of the molecule is COC(=O)CSCC1CC(=O)N1O[Si](C)(C)C(C)(C)C. The lowest BCUT2D eigenvalue weighted by atomic mass is 10.1. The first-order valence-electron chi connectivity index (χ1n) is 6.74. The number of carbonyl (C=O) groups is 2. The molecular weight excluding hydrogens is 294 g/mol.